The average Bonchev–Trinajstić information content (AvgIpc) is 2.10. The minimum Gasteiger partial charge on any atom is -0.453 e. The number of hydrogen-bond acceptors (Lipinski definition) is 4. The van der Waals surface area contributed by atoms with E-state index < -0.39 is 6.09 Å². The second kappa shape index (κ2) is 4.61. The summed E-state index contributed by atoms with van der Waals surface area (Å²) in [4.78, 5) is 13.2. The first-order chi connectivity index (χ1) is 6.54. The number of likely N-dealkylation sites (tertiary alicyclic amines) is 1. The number of carbonyl (C=O) groups is 1. The number of nitrogens with one attached hydrogen (secondary N) is 1. The molecule has 5 heteroatoms. The van der Waals surface area contributed by atoms with E-state index in [1.807, 2.05) is 7.05 Å². The Morgan fingerprint density at radius 1 is 1.57 bits per heavy atom. The lowest BCUT2D eigenvalue weighted by Crippen LogP contribution is -2.60. The normalized spacial score (nSPS) is 33.9. The fourth-order valence-corrected chi connectivity index (χ4v) is 2.02. The van der Waals surface area contributed by atoms with Crippen LogP contribution in [0, 0.1) is 5.92 Å². The van der Waals surface area contributed by atoms with Gasteiger partial charge >= 0.3 is 6.09 Å². The van der Waals surface area contributed by atoms with E-state index in [0.29, 0.717) is 5.92 Å². The molecule has 1 heterocycles. The number of alkyl carbamates (subject to hydrolysis) is 1. The Balaban J connectivity index is 2.53. The van der Waals surface area contributed by atoms with Gasteiger partial charge in [-0.3, -0.25) is 0 Å². The van der Waals surface area contributed by atoms with Gasteiger partial charge in [-0.1, -0.05) is 6.92 Å². The van der Waals surface area contributed by atoms with Crippen molar-refractivity contribution < 1.29 is 9.53 Å². The first-order valence-electron chi connectivity index (χ1n) is 4.83. The predicted molar refractivity (Wildman–Crippen MR) is 54.0 cm³/mol. The minimum atomic E-state index is -0.401. The molecule has 0 unspecified atom stereocenters. The molecule has 1 aliphatic rings. The maximum absolute atomic E-state index is 11.1. The maximum atomic E-state index is 11.1. The molecular formula is C9H19N3O2. The van der Waals surface area contributed by atoms with Crippen LogP contribution in [0.5, 0.6) is 0 Å². The van der Waals surface area contributed by atoms with Crippen molar-refractivity contribution in [3.63, 3.8) is 0 Å². The number of likely N-dealkylation sites (N-methyl/N-ethyl adjacent to an activating group) is 1. The summed E-state index contributed by atoms with van der Waals surface area (Å²) in [6.45, 7) is 3.83. The van der Waals surface area contributed by atoms with E-state index in [2.05, 4.69) is 21.9 Å². The Bertz CT molecular complexity index is 198. The second-order valence-corrected chi connectivity index (χ2v) is 4.02. The van der Waals surface area contributed by atoms with Crippen molar-refractivity contribution in [2.75, 3.05) is 27.2 Å². The average molecular weight is 201 g/mol. The molecular weight excluding hydrogens is 182 g/mol. The molecule has 82 valence electrons. The van der Waals surface area contributed by atoms with Gasteiger partial charge in [0, 0.05) is 19.1 Å². The SMILES string of the molecule is COC(=O)N[C@@H]1[C@H](N)CN(C)C[C@@H]1C. The molecule has 0 spiro atoms. The van der Waals surface area contributed by atoms with E-state index in [4.69, 9.17) is 5.73 Å². The third-order valence-electron chi connectivity index (χ3n) is 2.67. The molecule has 3 N–H and O–H groups in total. The summed E-state index contributed by atoms with van der Waals surface area (Å²) in [6, 6.07) is -0.0125. The van der Waals surface area contributed by atoms with Crippen LogP contribution in [0.3, 0.4) is 0 Å². The zero-order valence-electron chi connectivity index (χ0n) is 8.99. The fraction of sp³-hybridized carbons (Fsp3) is 0.889. The van der Waals surface area contributed by atoms with Crippen molar-refractivity contribution in [1.82, 2.24) is 10.2 Å². The minimum absolute atomic E-state index is 0.0126. The molecule has 1 aliphatic heterocycles. The fourth-order valence-electron chi connectivity index (χ4n) is 2.02. The molecule has 0 aromatic heterocycles. The lowest BCUT2D eigenvalue weighted by molar-refractivity contribution is 0.128. The highest BCUT2D eigenvalue weighted by atomic mass is 16.5. The van der Waals surface area contributed by atoms with Crippen LogP contribution in [-0.2, 0) is 4.74 Å². The van der Waals surface area contributed by atoms with Crippen LogP contribution in [0.2, 0.25) is 0 Å². The van der Waals surface area contributed by atoms with Crippen LogP contribution in [0.15, 0.2) is 0 Å². The number of nitrogens with zero attached hydrogens (tertiary/aromatic N) is 1. The maximum Gasteiger partial charge on any atom is 0.407 e. The highest BCUT2D eigenvalue weighted by molar-refractivity contribution is 5.67. The molecule has 0 saturated carbocycles. The zero-order valence-corrected chi connectivity index (χ0v) is 8.99. The Morgan fingerprint density at radius 2 is 2.21 bits per heavy atom. The van der Waals surface area contributed by atoms with Gasteiger partial charge in [0.2, 0.25) is 0 Å². The predicted octanol–water partition coefficient (Wildman–Crippen LogP) is -0.380. The highest BCUT2D eigenvalue weighted by Crippen LogP contribution is 2.14. The van der Waals surface area contributed by atoms with Crippen molar-refractivity contribution in [2.24, 2.45) is 11.7 Å². The number of nitrogens with two attached hydrogens (primary N) is 1. The van der Waals surface area contributed by atoms with Gasteiger partial charge in [-0.15, -0.1) is 0 Å². The van der Waals surface area contributed by atoms with Crippen LogP contribution in [0.1, 0.15) is 6.92 Å². The summed E-state index contributed by atoms with van der Waals surface area (Å²) >= 11 is 0. The topological polar surface area (TPSA) is 67.6 Å². The number of hydrogen-bond donors (Lipinski definition) is 2. The molecule has 3 atom stereocenters. The lowest BCUT2D eigenvalue weighted by atomic mass is 9.91. The Labute approximate surface area is 84.6 Å². The molecule has 1 fully saturated rings. The molecule has 0 aromatic rings. The van der Waals surface area contributed by atoms with Gasteiger partial charge in [0.05, 0.1) is 13.2 Å². The third kappa shape index (κ3) is 2.59. The van der Waals surface area contributed by atoms with E-state index in [-0.39, 0.29) is 12.1 Å². The summed E-state index contributed by atoms with van der Waals surface area (Å²) in [6.07, 6.45) is -0.401. The van der Waals surface area contributed by atoms with E-state index >= 15 is 0 Å². The van der Waals surface area contributed by atoms with E-state index in [9.17, 15) is 4.79 Å². The molecule has 1 amide bonds. The van der Waals surface area contributed by atoms with Gasteiger partial charge < -0.3 is 20.7 Å². The van der Waals surface area contributed by atoms with Gasteiger partial charge in [0.15, 0.2) is 0 Å². The smallest absolute Gasteiger partial charge is 0.407 e. The summed E-state index contributed by atoms with van der Waals surface area (Å²) in [5.74, 6) is 0.350. The number of methoxy groups -OCH3 is 1. The highest BCUT2D eigenvalue weighted by Gasteiger charge is 2.31. The molecule has 0 bridgehead atoms. The van der Waals surface area contributed by atoms with Crippen LogP contribution >= 0.6 is 0 Å². The molecule has 0 aliphatic carbocycles. The largest absolute Gasteiger partial charge is 0.453 e. The van der Waals surface area contributed by atoms with Crippen LogP contribution in [-0.4, -0.2) is 50.3 Å². The third-order valence-corrected chi connectivity index (χ3v) is 2.67. The van der Waals surface area contributed by atoms with Crippen molar-refractivity contribution in [1.29, 1.82) is 0 Å². The van der Waals surface area contributed by atoms with Crippen molar-refractivity contribution in [3.8, 4) is 0 Å². The first-order valence-corrected chi connectivity index (χ1v) is 4.83. The van der Waals surface area contributed by atoms with Crippen LogP contribution in [0.4, 0.5) is 4.79 Å². The second-order valence-electron chi connectivity index (χ2n) is 4.02. The Hall–Kier alpha value is -0.810. The van der Waals surface area contributed by atoms with Gasteiger partial charge in [-0.05, 0) is 13.0 Å². The molecule has 5 nitrogen and oxygen atoms in total. The summed E-state index contributed by atoms with van der Waals surface area (Å²) in [5, 5.41) is 2.78. The van der Waals surface area contributed by atoms with E-state index in [0.717, 1.165) is 13.1 Å². The number of carbonyl (C=O) groups excluding carboxylic acids is 1. The Morgan fingerprint density at radius 3 is 2.71 bits per heavy atom. The van der Waals surface area contributed by atoms with E-state index in [1.165, 1.54) is 7.11 Å². The lowest BCUT2D eigenvalue weighted by Gasteiger charge is -2.39. The van der Waals surface area contributed by atoms with Crippen molar-refractivity contribution in [2.45, 2.75) is 19.0 Å². The van der Waals surface area contributed by atoms with Crippen molar-refractivity contribution >= 4 is 6.09 Å². The van der Waals surface area contributed by atoms with Crippen LogP contribution < -0.4 is 11.1 Å². The number of piperidine rings is 1. The number of rotatable bonds is 1. The van der Waals surface area contributed by atoms with Crippen LogP contribution in [0.25, 0.3) is 0 Å². The first kappa shape index (κ1) is 11.3. The Kier molecular flexibility index (Phi) is 3.71. The van der Waals surface area contributed by atoms with Gasteiger partial charge in [-0.2, -0.15) is 0 Å². The summed E-state index contributed by atoms with van der Waals surface area (Å²) in [7, 11) is 3.39. The molecule has 0 aromatic carbocycles. The van der Waals surface area contributed by atoms with Gasteiger partial charge in [0.25, 0.3) is 0 Å². The van der Waals surface area contributed by atoms with Gasteiger partial charge in [-0.25, -0.2) is 4.79 Å². The molecule has 0 radical (unpaired) electrons. The van der Waals surface area contributed by atoms with Crippen molar-refractivity contribution in [3.05, 3.63) is 0 Å². The summed E-state index contributed by atoms with van der Waals surface area (Å²) in [5.41, 5.74) is 5.95. The quantitative estimate of drug-likeness (QED) is 0.607. The van der Waals surface area contributed by atoms with Gasteiger partial charge in [0.1, 0.15) is 0 Å². The molecule has 1 rings (SSSR count). The monoisotopic (exact) mass is 201 g/mol. The molecule has 1 saturated heterocycles. The van der Waals surface area contributed by atoms with E-state index in [1.54, 1.807) is 0 Å². The number of amides is 1. The standard InChI is InChI=1S/C9H19N3O2/c1-6-4-12(2)5-7(10)8(6)11-9(13)14-3/h6-8H,4-5,10H2,1-3H3,(H,11,13)/t6-,7+,8-/m0/s1. The zero-order chi connectivity index (χ0) is 10.7. The number of ether oxygens (including phenoxy) is 1. The summed E-state index contributed by atoms with van der Waals surface area (Å²) < 4.78 is 4.56. The molecule has 14 heavy (non-hydrogen) atoms.